The number of anilines is 1. The Kier molecular flexibility index (Phi) is 4.93. The largest absolute Gasteiger partial charge is 0.497 e. The van der Waals surface area contributed by atoms with Gasteiger partial charge in [-0.05, 0) is 41.9 Å². The number of ether oxygens (including phenoxy) is 1. The first kappa shape index (κ1) is 15.6. The number of rotatable bonds is 3. The number of nitrogens with zero attached hydrogens (tertiary/aromatic N) is 1. The highest BCUT2D eigenvalue weighted by Crippen LogP contribution is 2.23. The minimum atomic E-state index is 0.751. The Morgan fingerprint density at radius 1 is 1.13 bits per heavy atom. The maximum atomic E-state index is 5.54. The third-order valence-corrected chi connectivity index (χ3v) is 4.32. The maximum Gasteiger partial charge on any atom is 0.173 e. The van der Waals surface area contributed by atoms with Gasteiger partial charge in [-0.2, -0.15) is 0 Å². The normalized spacial score (nSPS) is 14.1. The van der Waals surface area contributed by atoms with Gasteiger partial charge < -0.3 is 15.0 Å². The summed E-state index contributed by atoms with van der Waals surface area (Å²) >= 11 is 5.54. The second-order valence-corrected chi connectivity index (χ2v) is 5.84. The molecule has 0 unspecified atom stereocenters. The number of nitrogens with one attached hydrogen (secondary N) is 1. The van der Waals surface area contributed by atoms with Crippen molar-refractivity contribution in [1.29, 1.82) is 0 Å². The molecule has 1 aliphatic rings. The monoisotopic (exact) mass is 324 g/mol. The van der Waals surface area contributed by atoms with Crippen LogP contribution in [0, 0.1) is 0 Å². The predicted molar refractivity (Wildman–Crippen MR) is 99.8 cm³/mol. The van der Waals surface area contributed by atoms with E-state index < -0.39 is 0 Å². The SMILES string of the molecule is COc1cccc(NC(=S)N2CC=C(c3ccccc3)CC2)c1. The molecule has 2 aromatic carbocycles. The number of hydrogen-bond acceptors (Lipinski definition) is 2. The molecule has 0 fully saturated rings. The van der Waals surface area contributed by atoms with Gasteiger partial charge in [0.25, 0.3) is 0 Å². The Morgan fingerprint density at radius 3 is 2.65 bits per heavy atom. The number of hydrogen-bond donors (Lipinski definition) is 1. The van der Waals surface area contributed by atoms with Crippen molar-refractivity contribution in [3.05, 3.63) is 66.2 Å². The first-order valence-electron chi connectivity index (χ1n) is 7.71. The standard InChI is InChI=1S/C19H20N2OS/c1-22-18-9-5-8-17(14-18)20-19(23)21-12-10-16(11-13-21)15-6-3-2-4-7-15/h2-10,14H,11-13H2,1H3,(H,20,23). The third-order valence-electron chi connectivity index (χ3n) is 3.96. The minimum absolute atomic E-state index is 0.751. The number of thiocarbonyl (C=S) groups is 1. The van der Waals surface area contributed by atoms with Crippen molar-refractivity contribution in [3.8, 4) is 5.75 Å². The summed E-state index contributed by atoms with van der Waals surface area (Å²) in [5.41, 5.74) is 3.65. The molecule has 0 bridgehead atoms. The molecular formula is C19H20N2OS. The van der Waals surface area contributed by atoms with Crippen molar-refractivity contribution in [2.45, 2.75) is 6.42 Å². The molecule has 1 aliphatic heterocycles. The van der Waals surface area contributed by atoms with Crippen LogP contribution in [0.2, 0.25) is 0 Å². The van der Waals surface area contributed by atoms with Crippen LogP contribution < -0.4 is 10.1 Å². The highest BCUT2D eigenvalue weighted by atomic mass is 32.1. The fourth-order valence-electron chi connectivity index (χ4n) is 2.67. The molecule has 2 aromatic rings. The first-order valence-corrected chi connectivity index (χ1v) is 8.11. The average Bonchev–Trinajstić information content (AvgIpc) is 2.63. The highest BCUT2D eigenvalue weighted by molar-refractivity contribution is 7.80. The molecule has 0 saturated heterocycles. The van der Waals surface area contributed by atoms with Crippen LogP contribution in [0.25, 0.3) is 5.57 Å². The predicted octanol–water partition coefficient (Wildman–Crippen LogP) is 4.18. The lowest BCUT2D eigenvalue weighted by molar-refractivity contribution is 0.415. The van der Waals surface area contributed by atoms with Crippen molar-refractivity contribution < 1.29 is 4.74 Å². The van der Waals surface area contributed by atoms with Crippen LogP contribution >= 0.6 is 12.2 Å². The quantitative estimate of drug-likeness (QED) is 0.856. The van der Waals surface area contributed by atoms with E-state index >= 15 is 0 Å². The van der Waals surface area contributed by atoms with Crippen molar-refractivity contribution in [3.63, 3.8) is 0 Å². The Hall–Kier alpha value is -2.33. The van der Waals surface area contributed by atoms with Gasteiger partial charge in [0, 0.05) is 24.8 Å². The van der Waals surface area contributed by atoms with Gasteiger partial charge in [0.05, 0.1) is 7.11 Å². The molecule has 118 valence electrons. The Balaban J connectivity index is 1.63. The summed E-state index contributed by atoms with van der Waals surface area (Å²) in [5, 5.41) is 4.04. The molecule has 0 saturated carbocycles. The van der Waals surface area contributed by atoms with Gasteiger partial charge in [-0.15, -0.1) is 0 Å². The molecule has 3 rings (SSSR count). The van der Waals surface area contributed by atoms with Gasteiger partial charge in [-0.25, -0.2) is 0 Å². The van der Waals surface area contributed by atoms with E-state index in [0.717, 1.165) is 36.1 Å². The first-order chi connectivity index (χ1) is 11.3. The molecule has 0 amide bonds. The molecule has 3 nitrogen and oxygen atoms in total. The maximum absolute atomic E-state index is 5.54. The van der Waals surface area contributed by atoms with E-state index in [0.29, 0.717) is 0 Å². The summed E-state index contributed by atoms with van der Waals surface area (Å²) in [6.07, 6.45) is 3.27. The van der Waals surface area contributed by atoms with E-state index in [1.807, 2.05) is 30.3 Å². The molecule has 1 N–H and O–H groups in total. The average molecular weight is 324 g/mol. The third kappa shape index (κ3) is 3.90. The summed E-state index contributed by atoms with van der Waals surface area (Å²) in [5.74, 6) is 0.822. The van der Waals surface area contributed by atoms with E-state index in [1.165, 1.54) is 11.1 Å². The summed E-state index contributed by atoms with van der Waals surface area (Å²) in [4.78, 5) is 2.18. The molecule has 1 heterocycles. The highest BCUT2D eigenvalue weighted by Gasteiger charge is 2.15. The van der Waals surface area contributed by atoms with Crippen LogP contribution in [0.15, 0.2) is 60.7 Å². The molecule has 0 radical (unpaired) electrons. The van der Waals surface area contributed by atoms with Gasteiger partial charge in [-0.3, -0.25) is 0 Å². The summed E-state index contributed by atoms with van der Waals surface area (Å²) in [7, 11) is 1.66. The lowest BCUT2D eigenvalue weighted by atomic mass is 10.00. The lowest BCUT2D eigenvalue weighted by Crippen LogP contribution is -2.37. The van der Waals surface area contributed by atoms with Gasteiger partial charge in [0.2, 0.25) is 0 Å². The van der Waals surface area contributed by atoms with Gasteiger partial charge in [0.1, 0.15) is 5.75 Å². The van der Waals surface area contributed by atoms with Crippen LogP contribution in [-0.2, 0) is 0 Å². The zero-order valence-electron chi connectivity index (χ0n) is 13.2. The number of methoxy groups -OCH3 is 1. The van der Waals surface area contributed by atoms with Crippen molar-refractivity contribution in [2.75, 3.05) is 25.5 Å². The fourth-order valence-corrected chi connectivity index (χ4v) is 2.96. The summed E-state index contributed by atoms with van der Waals surface area (Å²) in [6, 6.07) is 18.3. The summed E-state index contributed by atoms with van der Waals surface area (Å²) in [6.45, 7) is 1.76. The second-order valence-electron chi connectivity index (χ2n) is 5.45. The molecule has 23 heavy (non-hydrogen) atoms. The van der Waals surface area contributed by atoms with Gasteiger partial charge in [0.15, 0.2) is 5.11 Å². The smallest absolute Gasteiger partial charge is 0.173 e. The Labute approximate surface area is 142 Å². The molecule has 0 atom stereocenters. The lowest BCUT2D eigenvalue weighted by Gasteiger charge is -2.29. The molecule has 0 aromatic heterocycles. The van der Waals surface area contributed by atoms with E-state index in [4.69, 9.17) is 17.0 Å². The fraction of sp³-hybridized carbons (Fsp3) is 0.211. The molecule has 0 aliphatic carbocycles. The second kappa shape index (κ2) is 7.29. The molecule has 4 heteroatoms. The van der Waals surface area contributed by atoms with Crippen LogP contribution in [0.1, 0.15) is 12.0 Å². The molecular weight excluding hydrogens is 304 g/mol. The van der Waals surface area contributed by atoms with Crippen molar-refractivity contribution >= 4 is 28.6 Å². The van der Waals surface area contributed by atoms with Crippen LogP contribution in [0.3, 0.4) is 0 Å². The van der Waals surface area contributed by atoms with E-state index in [9.17, 15) is 0 Å². The van der Waals surface area contributed by atoms with Gasteiger partial charge in [-0.1, -0.05) is 42.5 Å². The Morgan fingerprint density at radius 2 is 1.96 bits per heavy atom. The van der Waals surface area contributed by atoms with Crippen LogP contribution in [0.5, 0.6) is 5.75 Å². The van der Waals surface area contributed by atoms with E-state index in [-0.39, 0.29) is 0 Å². The van der Waals surface area contributed by atoms with Crippen molar-refractivity contribution in [2.24, 2.45) is 0 Å². The Bertz CT molecular complexity index is 712. The van der Waals surface area contributed by atoms with E-state index in [2.05, 4.69) is 40.6 Å². The zero-order valence-corrected chi connectivity index (χ0v) is 14.0. The summed E-state index contributed by atoms with van der Waals surface area (Å²) < 4.78 is 5.24. The van der Waals surface area contributed by atoms with Crippen LogP contribution in [-0.4, -0.2) is 30.2 Å². The molecule has 0 spiro atoms. The number of benzene rings is 2. The van der Waals surface area contributed by atoms with Gasteiger partial charge >= 0.3 is 0 Å². The zero-order chi connectivity index (χ0) is 16.1. The van der Waals surface area contributed by atoms with Crippen molar-refractivity contribution in [1.82, 2.24) is 4.90 Å². The van der Waals surface area contributed by atoms with E-state index in [1.54, 1.807) is 7.11 Å². The minimum Gasteiger partial charge on any atom is -0.497 e. The topological polar surface area (TPSA) is 24.5 Å². The van der Waals surface area contributed by atoms with Crippen LogP contribution in [0.4, 0.5) is 5.69 Å².